The lowest BCUT2D eigenvalue weighted by Gasteiger charge is -2.11. The molecular formula is C14H15N3O4. The minimum absolute atomic E-state index is 0.167. The van der Waals surface area contributed by atoms with Crippen LogP contribution in [0.1, 0.15) is 6.92 Å². The molecule has 1 unspecified atom stereocenters. The van der Waals surface area contributed by atoms with Gasteiger partial charge in [-0.3, -0.25) is 4.79 Å². The van der Waals surface area contributed by atoms with Crippen molar-refractivity contribution in [2.45, 2.75) is 13.0 Å². The smallest absolute Gasteiger partial charge is 0.332 e. The van der Waals surface area contributed by atoms with Gasteiger partial charge in [-0.15, -0.1) is 0 Å². The van der Waals surface area contributed by atoms with Crippen LogP contribution in [0, 0.1) is 0 Å². The third kappa shape index (κ3) is 3.67. The standard InChI is InChI=1S/C14H15N3O4/c1-2-20-14(19)12(15)13(18)17-10-5-3-4-9(6-10)11-7-16-8-21-11/h3-8,12H,2,15H2,1H3,(H,17,18). The van der Waals surface area contributed by atoms with Crippen LogP contribution < -0.4 is 11.1 Å². The summed E-state index contributed by atoms with van der Waals surface area (Å²) in [6, 6.07) is 5.55. The lowest BCUT2D eigenvalue weighted by molar-refractivity contribution is -0.146. The Labute approximate surface area is 121 Å². The fraction of sp³-hybridized carbons (Fsp3) is 0.214. The number of aromatic nitrogens is 1. The zero-order valence-electron chi connectivity index (χ0n) is 11.4. The first-order valence-corrected chi connectivity index (χ1v) is 6.34. The van der Waals surface area contributed by atoms with Crippen LogP contribution in [0.5, 0.6) is 0 Å². The van der Waals surface area contributed by atoms with E-state index < -0.39 is 17.9 Å². The Kier molecular flexibility index (Phi) is 4.68. The highest BCUT2D eigenvalue weighted by Gasteiger charge is 2.23. The average Bonchev–Trinajstić information content (AvgIpc) is 3.01. The number of nitrogens with two attached hydrogens (primary N) is 1. The second kappa shape index (κ2) is 6.67. The monoisotopic (exact) mass is 289 g/mol. The van der Waals surface area contributed by atoms with Crippen LogP contribution in [0.4, 0.5) is 5.69 Å². The highest BCUT2D eigenvalue weighted by molar-refractivity contribution is 6.08. The predicted molar refractivity (Wildman–Crippen MR) is 75.2 cm³/mol. The number of ether oxygens (including phenoxy) is 1. The molecule has 2 aromatic rings. The van der Waals surface area contributed by atoms with E-state index >= 15 is 0 Å². The zero-order chi connectivity index (χ0) is 15.2. The van der Waals surface area contributed by atoms with Crippen LogP contribution in [-0.4, -0.2) is 29.5 Å². The number of hydrogen-bond acceptors (Lipinski definition) is 6. The molecule has 7 nitrogen and oxygen atoms in total. The normalized spacial score (nSPS) is 11.7. The highest BCUT2D eigenvalue weighted by atomic mass is 16.5. The third-order valence-corrected chi connectivity index (χ3v) is 2.67. The number of amides is 1. The Hall–Kier alpha value is -2.67. The van der Waals surface area contributed by atoms with E-state index in [0.29, 0.717) is 11.4 Å². The van der Waals surface area contributed by atoms with Crippen molar-refractivity contribution in [3.63, 3.8) is 0 Å². The number of benzene rings is 1. The van der Waals surface area contributed by atoms with Gasteiger partial charge in [0.15, 0.2) is 18.2 Å². The lowest BCUT2D eigenvalue weighted by atomic mass is 10.1. The van der Waals surface area contributed by atoms with Gasteiger partial charge < -0.3 is 20.2 Å². The van der Waals surface area contributed by atoms with E-state index in [0.717, 1.165) is 5.56 Å². The van der Waals surface area contributed by atoms with Crippen molar-refractivity contribution in [3.8, 4) is 11.3 Å². The molecule has 0 aliphatic rings. The van der Waals surface area contributed by atoms with Gasteiger partial charge in [0.1, 0.15) is 0 Å². The fourth-order valence-electron chi connectivity index (χ4n) is 1.67. The molecule has 0 fully saturated rings. The molecular weight excluding hydrogens is 274 g/mol. The van der Waals surface area contributed by atoms with Crippen LogP contribution >= 0.6 is 0 Å². The van der Waals surface area contributed by atoms with Crippen molar-refractivity contribution in [1.29, 1.82) is 0 Å². The number of esters is 1. The zero-order valence-corrected chi connectivity index (χ0v) is 11.4. The Morgan fingerprint density at radius 2 is 2.29 bits per heavy atom. The number of carbonyl (C=O) groups is 2. The Morgan fingerprint density at radius 1 is 1.48 bits per heavy atom. The van der Waals surface area contributed by atoms with Gasteiger partial charge in [-0.05, 0) is 19.1 Å². The first-order chi connectivity index (χ1) is 10.1. The summed E-state index contributed by atoms with van der Waals surface area (Å²) in [6.07, 6.45) is 2.88. The van der Waals surface area contributed by atoms with Gasteiger partial charge in [0.05, 0.1) is 12.8 Å². The molecule has 1 aromatic heterocycles. The van der Waals surface area contributed by atoms with E-state index in [2.05, 4.69) is 10.3 Å². The van der Waals surface area contributed by atoms with Gasteiger partial charge in [0, 0.05) is 11.3 Å². The number of anilines is 1. The maximum atomic E-state index is 11.9. The molecule has 3 N–H and O–H groups in total. The molecule has 1 atom stereocenters. The van der Waals surface area contributed by atoms with Crippen molar-refractivity contribution in [1.82, 2.24) is 4.98 Å². The number of nitrogens with one attached hydrogen (secondary N) is 1. The van der Waals surface area contributed by atoms with E-state index in [-0.39, 0.29) is 6.61 Å². The minimum atomic E-state index is -1.36. The van der Waals surface area contributed by atoms with Crippen LogP contribution in [0.15, 0.2) is 41.3 Å². The molecule has 0 bridgehead atoms. The lowest BCUT2D eigenvalue weighted by Crippen LogP contribution is -2.43. The molecule has 21 heavy (non-hydrogen) atoms. The van der Waals surface area contributed by atoms with E-state index in [1.807, 2.05) is 0 Å². The van der Waals surface area contributed by atoms with Crippen LogP contribution in [0.25, 0.3) is 11.3 Å². The SMILES string of the molecule is CCOC(=O)C(N)C(=O)Nc1cccc(-c2cnco2)c1. The maximum absolute atomic E-state index is 11.9. The summed E-state index contributed by atoms with van der Waals surface area (Å²) < 4.78 is 9.87. The predicted octanol–water partition coefficient (Wildman–Crippen LogP) is 1.17. The number of carbonyl (C=O) groups excluding carboxylic acids is 2. The number of nitrogens with zero attached hydrogens (tertiary/aromatic N) is 1. The van der Waals surface area contributed by atoms with Crippen LogP contribution in [0.2, 0.25) is 0 Å². The Morgan fingerprint density at radius 3 is 2.95 bits per heavy atom. The summed E-state index contributed by atoms with van der Waals surface area (Å²) >= 11 is 0. The third-order valence-electron chi connectivity index (χ3n) is 2.67. The van der Waals surface area contributed by atoms with E-state index in [1.54, 1.807) is 37.4 Å². The molecule has 1 aromatic carbocycles. The summed E-state index contributed by atoms with van der Waals surface area (Å²) in [7, 11) is 0. The maximum Gasteiger partial charge on any atom is 0.332 e. The molecule has 0 spiro atoms. The summed E-state index contributed by atoms with van der Waals surface area (Å²) in [6.45, 7) is 1.81. The quantitative estimate of drug-likeness (QED) is 0.632. The summed E-state index contributed by atoms with van der Waals surface area (Å²) in [5, 5.41) is 2.56. The molecule has 110 valence electrons. The van der Waals surface area contributed by atoms with Gasteiger partial charge >= 0.3 is 5.97 Å². The van der Waals surface area contributed by atoms with Crippen LogP contribution in [-0.2, 0) is 14.3 Å². The molecule has 7 heteroatoms. The molecule has 1 amide bonds. The molecule has 0 aliphatic heterocycles. The number of hydrogen-bond donors (Lipinski definition) is 2. The molecule has 0 radical (unpaired) electrons. The van der Waals surface area contributed by atoms with Gasteiger partial charge in [0.2, 0.25) is 0 Å². The second-order valence-electron chi connectivity index (χ2n) is 4.17. The van der Waals surface area contributed by atoms with E-state index in [9.17, 15) is 9.59 Å². The topological polar surface area (TPSA) is 107 Å². The Bertz CT molecular complexity index is 625. The van der Waals surface area contributed by atoms with Crippen molar-refractivity contribution in [2.24, 2.45) is 5.73 Å². The Balaban J connectivity index is 2.08. The molecule has 0 aliphatic carbocycles. The van der Waals surface area contributed by atoms with Gasteiger partial charge in [-0.1, -0.05) is 12.1 Å². The van der Waals surface area contributed by atoms with Crippen molar-refractivity contribution in [3.05, 3.63) is 36.9 Å². The average molecular weight is 289 g/mol. The largest absolute Gasteiger partial charge is 0.464 e. The van der Waals surface area contributed by atoms with Crippen molar-refractivity contribution >= 4 is 17.6 Å². The van der Waals surface area contributed by atoms with Gasteiger partial charge in [0.25, 0.3) is 5.91 Å². The first kappa shape index (κ1) is 14.7. The minimum Gasteiger partial charge on any atom is -0.464 e. The molecule has 0 saturated heterocycles. The fourth-order valence-corrected chi connectivity index (χ4v) is 1.67. The second-order valence-corrected chi connectivity index (χ2v) is 4.17. The summed E-state index contributed by atoms with van der Waals surface area (Å²) in [5.74, 6) is -0.828. The van der Waals surface area contributed by atoms with Crippen LogP contribution in [0.3, 0.4) is 0 Å². The molecule has 0 saturated carbocycles. The van der Waals surface area contributed by atoms with E-state index in [1.165, 1.54) is 6.39 Å². The number of rotatable bonds is 5. The highest BCUT2D eigenvalue weighted by Crippen LogP contribution is 2.22. The molecule has 2 rings (SSSR count). The van der Waals surface area contributed by atoms with Crippen molar-refractivity contribution < 1.29 is 18.7 Å². The molecule has 1 heterocycles. The van der Waals surface area contributed by atoms with E-state index in [4.69, 9.17) is 14.9 Å². The summed E-state index contributed by atoms with van der Waals surface area (Å²) in [4.78, 5) is 27.1. The first-order valence-electron chi connectivity index (χ1n) is 6.34. The number of oxazole rings is 1. The van der Waals surface area contributed by atoms with Crippen molar-refractivity contribution in [2.75, 3.05) is 11.9 Å². The van der Waals surface area contributed by atoms with Gasteiger partial charge in [-0.25, -0.2) is 9.78 Å². The summed E-state index contributed by atoms with van der Waals surface area (Å²) in [5.41, 5.74) is 6.75. The van der Waals surface area contributed by atoms with Gasteiger partial charge in [-0.2, -0.15) is 0 Å².